The van der Waals surface area contributed by atoms with Gasteiger partial charge in [0, 0.05) is 23.2 Å². The number of hydrogen-bond acceptors (Lipinski definition) is 5. The smallest absolute Gasteiger partial charge is 0.268 e. The first-order valence-electron chi connectivity index (χ1n) is 8.27. The number of carbonyl (C=O) groups is 1. The minimum absolute atomic E-state index is 0.0740. The normalized spacial score (nSPS) is 14.1. The van der Waals surface area contributed by atoms with Gasteiger partial charge in [-0.3, -0.25) is 4.79 Å². The Kier molecular flexibility index (Phi) is 4.28. The van der Waals surface area contributed by atoms with E-state index in [0.29, 0.717) is 26.6 Å². The van der Waals surface area contributed by atoms with E-state index in [4.69, 9.17) is 4.74 Å². The Labute approximate surface area is 161 Å². The topological polar surface area (TPSA) is 63.7 Å². The van der Waals surface area contributed by atoms with Crippen LogP contribution in [0.1, 0.15) is 15.2 Å². The Balaban J connectivity index is 1.71. The highest BCUT2D eigenvalue weighted by Gasteiger charge is 2.31. The first kappa shape index (κ1) is 17.8. The lowest BCUT2D eigenvalue weighted by atomic mass is 10.1. The Bertz CT molecular complexity index is 1130. The molecule has 3 aromatic rings. The fraction of sp³-hybridized carbons (Fsp3) is 0.150. The number of methoxy groups -OCH3 is 1. The predicted molar refractivity (Wildman–Crippen MR) is 106 cm³/mol. The summed E-state index contributed by atoms with van der Waals surface area (Å²) in [6.45, 7) is 0. The maximum Gasteiger partial charge on any atom is 0.268 e. The molecular formula is C20H17NO4S2. The standard InChI is InChI=1S/C20H17NO4S2/c1-21(14-7-9-15(25-2)10-8-14)20(22)17-11-13-12-27(23,24)18-6-4-3-5-16(18)19(13)26-17/h3-11H,12H2,1-2H3. The third kappa shape index (κ3) is 3.02. The van der Waals surface area contributed by atoms with E-state index < -0.39 is 9.84 Å². The van der Waals surface area contributed by atoms with Crippen molar-refractivity contribution in [2.75, 3.05) is 19.1 Å². The van der Waals surface area contributed by atoms with Crippen molar-refractivity contribution in [3.8, 4) is 16.2 Å². The van der Waals surface area contributed by atoms with Gasteiger partial charge in [-0.25, -0.2) is 8.42 Å². The van der Waals surface area contributed by atoms with Crippen molar-refractivity contribution in [1.82, 2.24) is 0 Å². The van der Waals surface area contributed by atoms with Gasteiger partial charge in [0.2, 0.25) is 0 Å². The zero-order chi connectivity index (χ0) is 19.2. The molecule has 138 valence electrons. The van der Waals surface area contributed by atoms with Gasteiger partial charge in [0.15, 0.2) is 9.84 Å². The van der Waals surface area contributed by atoms with Crippen LogP contribution in [-0.4, -0.2) is 28.5 Å². The molecule has 2 heterocycles. The van der Waals surface area contributed by atoms with Gasteiger partial charge in [0.1, 0.15) is 5.75 Å². The molecule has 0 unspecified atom stereocenters. The minimum Gasteiger partial charge on any atom is -0.497 e. The molecule has 1 aliphatic rings. The maximum absolute atomic E-state index is 12.9. The van der Waals surface area contributed by atoms with Gasteiger partial charge in [-0.15, -0.1) is 11.3 Å². The van der Waals surface area contributed by atoms with E-state index in [1.807, 2.05) is 18.2 Å². The number of rotatable bonds is 3. The highest BCUT2D eigenvalue weighted by Crippen LogP contribution is 2.43. The third-order valence-corrected chi connectivity index (χ3v) is 7.51. The Morgan fingerprint density at radius 2 is 1.81 bits per heavy atom. The van der Waals surface area contributed by atoms with Crippen LogP contribution in [0, 0.1) is 0 Å². The SMILES string of the molecule is COc1ccc(N(C)C(=O)c2cc3c(s2)-c2ccccc2S(=O)(=O)C3)cc1. The van der Waals surface area contributed by atoms with E-state index in [9.17, 15) is 13.2 Å². The molecule has 0 N–H and O–H groups in total. The Hall–Kier alpha value is -2.64. The van der Waals surface area contributed by atoms with E-state index >= 15 is 0 Å². The summed E-state index contributed by atoms with van der Waals surface area (Å²) in [6, 6.07) is 15.9. The fourth-order valence-corrected chi connectivity index (χ4v) is 6.10. The number of benzene rings is 2. The zero-order valence-electron chi connectivity index (χ0n) is 14.8. The van der Waals surface area contributed by atoms with Gasteiger partial charge in [-0.1, -0.05) is 18.2 Å². The lowest BCUT2D eigenvalue weighted by Gasteiger charge is -2.16. The molecule has 1 aromatic heterocycles. The van der Waals surface area contributed by atoms with Crippen LogP contribution in [0.2, 0.25) is 0 Å². The van der Waals surface area contributed by atoms with Gasteiger partial charge < -0.3 is 9.64 Å². The molecule has 5 nitrogen and oxygen atoms in total. The van der Waals surface area contributed by atoms with Crippen molar-refractivity contribution in [3.63, 3.8) is 0 Å². The molecule has 0 fully saturated rings. The lowest BCUT2D eigenvalue weighted by molar-refractivity contribution is 0.0996. The monoisotopic (exact) mass is 399 g/mol. The molecule has 2 aromatic carbocycles. The molecule has 0 saturated carbocycles. The van der Waals surface area contributed by atoms with Gasteiger partial charge in [-0.2, -0.15) is 0 Å². The summed E-state index contributed by atoms with van der Waals surface area (Å²) >= 11 is 1.34. The number of carbonyl (C=O) groups excluding carboxylic acids is 1. The van der Waals surface area contributed by atoms with E-state index in [1.165, 1.54) is 11.3 Å². The van der Waals surface area contributed by atoms with Gasteiger partial charge in [-0.05, 0) is 42.0 Å². The molecule has 1 amide bonds. The average molecular weight is 399 g/mol. The molecule has 0 bridgehead atoms. The van der Waals surface area contributed by atoms with Crippen molar-refractivity contribution in [3.05, 3.63) is 65.0 Å². The van der Waals surface area contributed by atoms with E-state index in [-0.39, 0.29) is 11.7 Å². The third-order valence-electron chi connectivity index (χ3n) is 4.60. The maximum atomic E-state index is 12.9. The highest BCUT2D eigenvalue weighted by atomic mass is 32.2. The second-order valence-electron chi connectivity index (χ2n) is 6.28. The van der Waals surface area contributed by atoms with Gasteiger partial charge >= 0.3 is 0 Å². The Morgan fingerprint density at radius 1 is 1.11 bits per heavy atom. The van der Waals surface area contributed by atoms with Crippen LogP contribution in [0.5, 0.6) is 5.75 Å². The zero-order valence-corrected chi connectivity index (χ0v) is 16.4. The van der Waals surface area contributed by atoms with Gasteiger partial charge in [0.25, 0.3) is 5.91 Å². The van der Waals surface area contributed by atoms with E-state index in [2.05, 4.69) is 0 Å². The molecular weight excluding hydrogens is 382 g/mol. The molecule has 27 heavy (non-hydrogen) atoms. The van der Waals surface area contributed by atoms with Crippen molar-refractivity contribution in [2.24, 2.45) is 0 Å². The minimum atomic E-state index is -3.38. The molecule has 7 heteroatoms. The molecule has 1 aliphatic heterocycles. The lowest BCUT2D eigenvalue weighted by Crippen LogP contribution is -2.25. The van der Waals surface area contributed by atoms with Crippen LogP contribution >= 0.6 is 11.3 Å². The van der Waals surface area contributed by atoms with Crippen molar-refractivity contribution in [2.45, 2.75) is 10.6 Å². The number of nitrogens with zero attached hydrogens (tertiary/aromatic N) is 1. The van der Waals surface area contributed by atoms with Gasteiger partial charge in [0.05, 0.1) is 22.6 Å². The van der Waals surface area contributed by atoms with Crippen LogP contribution in [0.25, 0.3) is 10.4 Å². The summed E-state index contributed by atoms with van der Waals surface area (Å²) in [6.07, 6.45) is 0. The van der Waals surface area contributed by atoms with Crippen molar-refractivity contribution >= 4 is 32.8 Å². The molecule has 0 saturated heterocycles. The average Bonchev–Trinajstić information content (AvgIpc) is 3.10. The van der Waals surface area contributed by atoms with Crippen molar-refractivity contribution < 1.29 is 17.9 Å². The largest absolute Gasteiger partial charge is 0.497 e. The number of ether oxygens (including phenoxy) is 1. The fourth-order valence-electron chi connectivity index (χ4n) is 3.17. The Morgan fingerprint density at radius 3 is 2.52 bits per heavy atom. The number of anilines is 1. The quantitative estimate of drug-likeness (QED) is 0.668. The summed E-state index contributed by atoms with van der Waals surface area (Å²) < 4.78 is 30.2. The summed E-state index contributed by atoms with van der Waals surface area (Å²) in [7, 11) is -0.0889. The van der Waals surface area contributed by atoms with Crippen LogP contribution in [0.4, 0.5) is 5.69 Å². The second-order valence-corrected chi connectivity index (χ2v) is 9.29. The number of fused-ring (bicyclic) bond motifs is 3. The molecule has 0 aliphatic carbocycles. The molecule has 4 rings (SSSR count). The summed E-state index contributed by atoms with van der Waals surface area (Å²) in [5.74, 6) is 0.470. The second kappa shape index (κ2) is 6.51. The summed E-state index contributed by atoms with van der Waals surface area (Å²) in [4.78, 5) is 16.2. The molecule has 0 spiro atoms. The molecule has 0 atom stereocenters. The number of amides is 1. The number of hydrogen-bond donors (Lipinski definition) is 0. The van der Waals surface area contributed by atoms with E-state index in [0.717, 1.165) is 10.6 Å². The van der Waals surface area contributed by atoms with Crippen LogP contribution in [-0.2, 0) is 15.6 Å². The highest BCUT2D eigenvalue weighted by molar-refractivity contribution is 7.91. The first-order valence-corrected chi connectivity index (χ1v) is 10.7. The predicted octanol–water partition coefficient (Wildman–Crippen LogP) is 3.99. The van der Waals surface area contributed by atoms with Crippen molar-refractivity contribution in [1.29, 1.82) is 0 Å². The number of thiophene rings is 1. The van der Waals surface area contributed by atoms with E-state index in [1.54, 1.807) is 55.5 Å². The van der Waals surface area contributed by atoms with Crippen LogP contribution < -0.4 is 9.64 Å². The molecule has 0 radical (unpaired) electrons. The van der Waals surface area contributed by atoms with Crippen LogP contribution in [0.15, 0.2) is 59.5 Å². The van der Waals surface area contributed by atoms with Crippen LogP contribution in [0.3, 0.4) is 0 Å². The first-order chi connectivity index (χ1) is 12.9. The summed E-state index contributed by atoms with van der Waals surface area (Å²) in [5.41, 5.74) is 2.10. The summed E-state index contributed by atoms with van der Waals surface area (Å²) in [5, 5.41) is 0. The number of sulfone groups is 1.